The Morgan fingerprint density at radius 1 is 1.13 bits per heavy atom. The van der Waals surface area contributed by atoms with Gasteiger partial charge in [-0.05, 0) is 29.6 Å². The molecule has 0 saturated carbocycles. The maximum absolute atomic E-state index is 5.21. The van der Waals surface area contributed by atoms with Gasteiger partial charge in [-0.25, -0.2) is 0 Å². The van der Waals surface area contributed by atoms with Crippen molar-refractivity contribution in [2.24, 2.45) is 0 Å². The monoisotopic (exact) mass is 219 g/mol. The van der Waals surface area contributed by atoms with Gasteiger partial charge in [-0.15, -0.1) is 0 Å². The van der Waals surface area contributed by atoms with Crippen molar-refractivity contribution >= 4 is 24.3 Å². The number of aromatic amines is 1. The van der Waals surface area contributed by atoms with Gasteiger partial charge in [-0.1, -0.05) is 19.6 Å². The molecular weight excluding hydrogens is 202 g/mol. The van der Waals surface area contributed by atoms with E-state index >= 15 is 0 Å². The molecule has 1 heterocycles. The smallest absolute Gasteiger partial charge is 0.119 e. The third-order valence-electron chi connectivity index (χ3n) is 2.64. The first kappa shape index (κ1) is 10.3. The highest BCUT2D eigenvalue weighted by Gasteiger charge is 2.18. The third kappa shape index (κ3) is 1.92. The number of hydrogen-bond donors (Lipinski definition) is 1. The quantitative estimate of drug-likeness (QED) is 0.772. The summed E-state index contributed by atoms with van der Waals surface area (Å²) in [4.78, 5) is 3.49. The van der Waals surface area contributed by atoms with Gasteiger partial charge in [0.05, 0.1) is 15.2 Å². The van der Waals surface area contributed by atoms with E-state index in [-0.39, 0.29) is 0 Å². The molecule has 2 nitrogen and oxygen atoms in total. The first-order valence-corrected chi connectivity index (χ1v) is 8.68. The SMILES string of the molecule is COc1ccc2[nH]c([Si](C)(C)C)cc2c1. The van der Waals surface area contributed by atoms with Crippen LogP contribution in [-0.2, 0) is 0 Å². The molecule has 0 aliphatic rings. The van der Waals surface area contributed by atoms with Crippen LogP contribution >= 0.6 is 0 Å². The highest BCUT2D eigenvalue weighted by Crippen LogP contribution is 2.19. The number of rotatable bonds is 2. The lowest BCUT2D eigenvalue weighted by Gasteiger charge is -2.12. The summed E-state index contributed by atoms with van der Waals surface area (Å²) in [7, 11) is 0.461. The van der Waals surface area contributed by atoms with Crippen molar-refractivity contribution in [3.63, 3.8) is 0 Å². The van der Waals surface area contributed by atoms with Gasteiger partial charge in [0.1, 0.15) is 5.75 Å². The summed E-state index contributed by atoms with van der Waals surface area (Å²) in [6, 6.07) is 8.41. The maximum Gasteiger partial charge on any atom is 0.119 e. The summed E-state index contributed by atoms with van der Waals surface area (Å²) in [6.45, 7) is 7.03. The van der Waals surface area contributed by atoms with Crippen LogP contribution in [0.25, 0.3) is 10.9 Å². The molecule has 0 radical (unpaired) electrons. The number of fused-ring (bicyclic) bond motifs is 1. The lowest BCUT2D eigenvalue weighted by Crippen LogP contribution is -2.38. The molecule has 2 aromatic rings. The highest BCUT2D eigenvalue weighted by atomic mass is 28.3. The number of ether oxygens (including phenoxy) is 1. The van der Waals surface area contributed by atoms with Crippen molar-refractivity contribution in [1.29, 1.82) is 0 Å². The predicted octanol–water partition coefficient (Wildman–Crippen LogP) is 2.72. The Balaban J connectivity index is 2.56. The Kier molecular flexibility index (Phi) is 2.35. The summed E-state index contributed by atoms with van der Waals surface area (Å²) < 4.78 is 5.21. The van der Waals surface area contributed by atoms with Crippen molar-refractivity contribution in [3.8, 4) is 5.75 Å². The van der Waals surface area contributed by atoms with E-state index in [0.29, 0.717) is 0 Å². The number of nitrogens with one attached hydrogen (secondary N) is 1. The molecule has 0 amide bonds. The second-order valence-corrected chi connectivity index (χ2v) is 9.92. The molecule has 0 fully saturated rings. The first-order chi connectivity index (χ1) is 7.00. The topological polar surface area (TPSA) is 25.0 Å². The third-order valence-corrected chi connectivity index (χ3v) is 4.52. The van der Waals surface area contributed by atoms with Crippen molar-refractivity contribution < 1.29 is 4.74 Å². The summed E-state index contributed by atoms with van der Waals surface area (Å²) in [5.74, 6) is 0.920. The van der Waals surface area contributed by atoms with E-state index in [4.69, 9.17) is 4.74 Å². The zero-order valence-corrected chi connectivity index (χ0v) is 10.7. The Bertz CT molecular complexity index is 482. The average Bonchev–Trinajstić information content (AvgIpc) is 2.59. The van der Waals surface area contributed by atoms with Gasteiger partial charge in [0.15, 0.2) is 0 Å². The normalized spacial score (nSPS) is 12.0. The first-order valence-electron chi connectivity index (χ1n) is 5.18. The zero-order chi connectivity index (χ0) is 11.1. The Hall–Kier alpha value is -1.22. The fraction of sp³-hybridized carbons (Fsp3) is 0.333. The highest BCUT2D eigenvalue weighted by molar-refractivity contribution is 6.88. The van der Waals surface area contributed by atoms with Gasteiger partial charge in [0.2, 0.25) is 0 Å². The van der Waals surface area contributed by atoms with Gasteiger partial charge in [0, 0.05) is 10.9 Å². The van der Waals surface area contributed by atoms with Gasteiger partial charge < -0.3 is 9.72 Å². The second kappa shape index (κ2) is 3.42. The molecule has 0 atom stereocenters. The van der Waals surface area contributed by atoms with Crippen LogP contribution < -0.4 is 10.1 Å². The van der Waals surface area contributed by atoms with E-state index in [1.165, 1.54) is 16.2 Å². The molecule has 0 aliphatic carbocycles. The van der Waals surface area contributed by atoms with Gasteiger partial charge in [0.25, 0.3) is 0 Å². The number of aromatic nitrogens is 1. The molecule has 1 aromatic carbocycles. The fourth-order valence-electron chi connectivity index (χ4n) is 1.64. The van der Waals surface area contributed by atoms with Gasteiger partial charge in [-0.2, -0.15) is 0 Å². The molecular formula is C12H17NOSi. The Morgan fingerprint density at radius 2 is 1.87 bits per heavy atom. The minimum Gasteiger partial charge on any atom is -0.497 e. The van der Waals surface area contributed by atoms with E-state index in [1.54, 1.807) is 7.11 Å². The van der Waals surface area contributed by atoms with E-state index in [0.717, 1.165) is 5.75 Å². The largest absolute Gasteiger partial charge is 0.497 e. The van der Waals surface area contributed by atoms with Crippen LogP contribution in [0.3, 0.4) is 0 Å². The average molecular weight is 219 g/mol. The number of methoxy groups -OCH3 is 1. The molecule has 0 spiro atoms. The van der Waals surface area contributed by atoms with Crippen molar-refractivity contribution in [1.82, 2.24) is 4.98 Å². The number of H-pyrrole nitrogens is 1. The van der Waals surface area contributed by atoms with Gasteiger partial charge in [-0.3, -0.25) is 0 Å². The Labute approximate surface area is 91.3 Å². The molecule has 80 valence electrons. The summed E-state index contributed by atoms with van der Waals surface area (Å²) in [5, 5.41) is 2.64. The molecule has 0 saturated heterocycles. The van der Waals surface area contributed by atoms with E-state index < -0.39 is 8.07 Å². The van der Waals surface area contributed by atoms with Crippen LogP contribution in [-0.4, -0.2) is 20.2 Å². The number of hydrogen-bond acceptors (Lipinski definition) is 1. The minimum absolute atomic E-state index is 0.920. The molecule has 0 unspecified atom stereocenters. The summed E-state index contributed by atoms with van der Waals surface area (Å²) >= 11 is 0. The van der Waals surface area contributed by atoms with Crippen molar-refractivity contribution in [2.45, 2.75) is 19.6 Å². The van der Waals surface area contributed by atoms with Crippen molar-refractivity contribution in [2.75, 3.05) is 7.11 Å². The van der Waals surface area contributed by atoms with Crippen molar-refractivity contribution in [3.05, 3.63) is 24.3 Å². The summed E-state index contributed by atoms with van der Waals surface area (Å²) in [6.07, 6.45) is 0. The molecule has 0 aliphatic heterocycles. The van der Waals surface area contributed by atoms with E-state index in [1.807, 2.05) is 6.07 Å². The Morgan fingerprint density at radius 3 is 2.47 bits per heavy atom. The molecule has 15 heavy (non-hydrogen) atoms. The van der Waals surface area contributed by atoms with Crippen LogP contribution in [0.1, 0.15) is 0 Å². The lowest BCUT2D eigenvalue weighted by atomic mass is 10.2. The van der Waals surface area contributed by atoms with Gasteiger partial charge >= 0.3 is 0 Å². The maximum atomic E-state index is 5.21. The minimum atomic E-state index is -1.24. The molecule has 2 rings (SSSR count). The lowest BCUT2D eigenvalue weighted by molar-refractivity contribution is 0.415. The van der Waals surface area contributed by atoms with Crippen LogP contribution in [0.2, 0.25) is 19.6 Å². The second-order valence-electron chi connectivity index (χ2n) is 4.89. The molecule has 3 heteroatoms. The molecule has 0 bridgehead atoms. The van der Waals surface area contributed by atoms with Crippen LogP contribution in [0.5, 0.6) is 5.75 Å². The standard InChI is InChI=1S/C12H17NOSi/c1-14-10-5-6-11-9(7-10)8-12(13-11)15(2,3)4/h5-8,13H,1-4H3. The fourth-order valence-corrected chi connectivity index (χ4v) is 2.74. The predicted molar refractivity (Wildman–Crippen MR) is 67.8 cm³/mol. The van der Waals surface area contributed by atoms with Crippen LogP contribution in [0.15, 0.2) is 24.3 Å². The van der Waals surface area contributed by atoms with E-state index in [9.17, 15) is 0 Å². The molecule has 1 aromatic heterocycles. The summed E-state index contributed by atoms with van der Waals surface area (Å²) in [5.41, 5.74) is 1.20. The molecule has 1 N–H and O–H groups in total. The van der Waals surface area contributed by atoms with E-state index in [2.05, 4.69) is 42.8 Å². The van der Waals surface area contributed by atoms with Crippen LogP contribution in [0, 0.1) is 0 Å². The number of benzene rings is 1. The van der Waals surface area contributed by atoms with Crippen LogP contribution in [0.4, 0.5) is 0 Å². The zero-order valence-electron chi connectivity index (χ0n) is 9.72.